The molecule has 0 heterocycles. The maximum Gasteiger partial charge on any atom is 0.223 e. The Hall–Kier alpha value is -1.75. The number of rotatable bonds is 8. The van der Waals surface area contributed by atoms with Gasteiger partial charge in [0.25, 0.3) is 0 Å². The van der Waals surface area contributed by atoms with Gasteiger partial charge in [0.15, 0.2) is 0 Å². The van der Waals surface area contributed by atoms with E-state index in [4.69, 9.17) is 15.2 Å². The molecule has 0 bridgehead atoms. The third kappa shape index (κ3) is 5.93. The van der Waals surface area contributed by atoms with Crippen LogP contribution in [0.1, 0.15) is 27.2 Å². The van der Waals surface area contributed by atoms with Gasteiger partial charge in [-0.05, 0) is 32.9 Å². The van der Waals surface area contributed by atoms with Gasteiger partial charge in [-0.25, -0.2) is 0 Å². The highest BCUT2D eigenvalue weighted by Gasteiger charge is 2.18. The lowest BCUT2D eigenvalue weighted by molar-refractivity contribution is -0.123. The molecular formula is C15H24N2O3. The van der Waals surface area contributed by atoms with E-state index in [1.165, 1.54) is 0 Å². The summed E-state index contributed by atoms with van der Waals surface area (Å²) in [6.07, 6.45) is 0.288. The third-order valence-electron chi connectivity index (χ3n) is 2.75. The Labute approximate surface area is 120 Å². The molecule has 0 fully saturated rings. The van der Waals surface area contributed by atoms with Crippen LogP contribution in [0, 0.1) is 0 Å². The van der Waals surface area contributed by atoms with Crippen molar-refractivity contribution in [1.82, 2.24) is 5.32 Å². The van der Waals surface area contributed by atoms with Crippen LogP contribution < -0.4 is 15.8 Å². The molecule has 0 aliphatic rings. The monoisotopic (exact) mass is 280 g/mol. The van der Waals surface area contributed by atoms with Gasteiger partial charge >= 0.3 is 0 Å². The van der Waals surface area contributed by atoms with Crippen LogP contribution in [0.15, 0.2) is 24.3 Å². The molecule has 5 nitrogen and oxygen atoms in total. The second kappa shape index (κ2) is 7.75. The molecule has 112 valence electrons. The summed E-state index contributed by atoms with van der Waals surface area (Å²) in [5.74, 6) is 0.544. The van der Waals surface area contributed by atoms with Gasteiger partial charge in [0.05, 0.1) is 24.3 Å². The van der Waals surface area contributed by atoms with E-state index in [-0.39, 0.29) is 17.9 Å². The standard InChI is InChI=1S/C15H24N2O3/c1-4-20-15(2,3)11-17-14(18)9-10-19-13-8-6-5-7-12(13)16/h5-8H,4,9-11,16H2,1-3H3,(H,17,18). The van der Waals surface area contributed by atoms with Crippen molar-refractivity contribution in [2.45, 2.75) is 32.8 Å². The Kier molecular flexibility index (Phi) is 6.31. The first-order chi connectivity index (χ1) is 9.44. The average molecular weight is 280 g/mol. The van der Waals surface area contributed by atoms with Crippen molar-refractivity contribution in [1.29, 1.82) is 0 Å². The largest absolute Gasteiger partial charge is 0.491 e. The van der Waals surface area contributed by atoms with E-state index in [2.05, 4.69) is 5.32 Å². The minimum absolute atomic E-state index is 0.0627. The number of carbonyl (C=O) groups is 1. The summed E-state index contributed by atoms with van der Waals surface area (Å²) in [5.41, 5.74) is 5.97. The number of nitrogen functional groups attached to an aromatic ring is 1. The molecule has 1 rings (SSSR count). The number of nitrogens with one attached hydrogen (secondary N) is 1. The van der Waals surface area contributed by atoms with Gasteiger partial charge in [-0.1, -0.05) is 12.1 Å². The van der Waals surface area contributed by atoms with Crippen LogP contribution in [0.25, 0.3) is 0 Å². The van der Waals surface area contributed by atoms with E-state index < -0.39 is 0 Å². The van der Waals surface area contributed by atoms with Crippen LogP contribution in [0.4, 0.5) is 5.69 Å². The summed E-state index contributed by atoms with van der Waals surface area (Å²) in [6, 6.07) is 7.23. The van der Waals surface area contributed by atoms with Gasteiger partial charge in [-0.3, -0.25) is 4.79 Å². The van der Waals surface area contributed by atoms with E-state index in [1.54, 1.807) is 12.1 Å². The lowest BCUT2D eigenvalue weighted by Crippen LogP contribution is -2.40. The molecule has 5 heteroatoms. The quantitative estimate of drug-likeness (QED) is 0.714. The molecule has 0 aliphatic carbocycles. The Morgan fingerprint density at radius 3 is 2.70 bits per heavy atom. The first-order valence-corrected chi connectivity index (χ1v) is 6.82. The second-order valence-electron chi connectivity index (χ2n) is 5.11. The van der Waals surface area contributed by atoms with E-state index in [1.807, 2.05) is 32.9 Å². The van der Waals surface area contributed by atoms with E-state index >= 15 is 0 Å². The second-order valence-corrected chi connectivity index (χ2v) is 5.11. The summed E-state index contributed by atoms with van der Waals surface area (Å²) in [6.45, 7) is 7.22. The highest BCUT2D eigenvalue weighted by Crippen LogP contribution is 2.19. The predicted octanol–water partition coefficient (Wildman–Crippen LogP) is 1.97. The van der Waals surface area contributed by atoms with Crippen LogP contribution in [0.2, 0.25) is 0 Å². The fourth-order valence-corrected chi connectivity index (χ4v) is 1.71. The molecule has 3 N–H and O–H groups in total. The molecule has 0 saturated heterocycles. The summed E-state index contributed by atoms with van der Waals surface area (Å²) < 4.78 is 11.0. The van der Waals surface area contributed by atoms with Crippen molar-refractivity contribution in [3.8, 4) is 5.75 Å². The van der Waals surface area contributed by atoms with Gasteiger partial charge in [-0.15, -0.1) is 0 Å². The number of nitrogens with two attached hydrogens (primary N) is 1. The SMILES string of the molecule is CCOC(C)(C)CNC(=O)CCOc1ccccc1N. The normalized spacial score (nSPS) is 11.2. The number of anilines is 1. The Balaban J connectivity index is 2.26. The minimum Gasteiger partial charge on any atom is -0.491 e. The highest BCUT2D eigenvalue weighted by atomic mass is 16.5. The molecule has 1 aromatic carbocycles. The summed E-state index contributed by atoms with van der Waals surface area (Å²) in [5, 5.41) is 2.83. The number of amides is 1. The molecule has 20 heavy (non-hydrogen) atoms. The highest BCUT2D eigenvalue weighted by molar-refractivity contribution is 5.76. The van der Waals surface area contributed by atoms with Gasteiger partial charge in [-0.2, -0.15) is 0 Å². The molecule has 0 radical (unpaired) electrons. The molecule has 1 aromatic rings. The smallest absolute Gasteiger partial charge is 0.223 e. The summed E-state index contributed by atoms with van der Waals surface area (Å²) in [4.78, 5) is 11.7. The van der Waals surface area contributed by atoms with Crippen LogP contribution in [0.3, 0.4) is 0 Å². The number of para-hydroxylation sites is 2. The molecule has 0 spiro atoms. The first kappa shape index (κ1) is 16.3. The molecule has 0 saturated carbocycles. The van der Waals surface area contributed by atoms with Gasteiger partial charge < -0.3 is 20.5 Å². The van der Waals surface area contributed by atoms with Crippen LogP contribution in [-0.2, 0) is 9.53 Å². The predicted molar refractivity (Wildman–Crippen MR) is 79.7 cm³/mol. The lowest BCUT2D eigenvalue weighted by atomic mass is 10.1. The Morgan fingerprint density at radius 2 is 2.05 bits per heavy atom. The van der Waals surface area contributed by atoms with Crippen LogP contribution >= 0.6 is 0 Å². The average Bonchev–Trinajstić information content (AvgIpc) is 2.39. The molecule has 0 aromatic heterocycles. The van der Waals surface area contributed by atoms with Crippen molar-refractivity contribution < 1.29 is 14.3 Å². The number of hydrogen-bond acceptors (Lipinski definition) is 4. The minimum atomic E-state index is -0.352. The van der Waals surface area contributed by atoms with Crippen molar-refractivity contribution in [2.75, 3.05) is 25.5 Å². The summed E-state index contributed by atoms with van der Waals surface area (Å²) in [7, 11) is 0. The van der Waals surface area contributed by atoms with Crippen molar-refractivity contribution in [2.24, 2.45) is 0 Å². The van der Waals surface area contributed by atoms with Gasteiger partial charge in [0.2, 0.25) is 5.91 Å². The fraction of sp³-hybridized carbons (Fsp3) is 0.533. The number of ether oxygens (including phenoxy) is 2. The molecule has 0 aliphatic heterocycles. The number of carbonyl (C=O) groups excluding carboxylic acids is 1. The third-order valence-corrected chi connectivity index (χ3v) is 2.75. The van der Waals surface area contributed by atoms with Gasteiger partial charge in [0, 0.05) is 13.2 Å². The van der Waals surface area contributed by atoms with Crippen molar-refractivity contribution in [3.05, 3.63) is 24.3 Å². The topological polar surface area (TPSA) is 73.6 Å². The van der Waals surface area contributed by atoms with Crippen molar-refractivity contribution in [3.63, 3.8) is 0 Å². The zero-order valence-corrected chi connectivity index (χ0v) is 12.4. The van der Waals surface area contributed by atoms with E-state index in [0.717, 1.165) is 0 Å². The molecule has 0 atom stereocenters. The molecule has 1 amide bonds. The zero-order valence-electron chi connectivity index (χ0n) is 12.4. The van der Waals surface area contributed by atoms with Crippen molar-refractivity contribution >= 4 is 11.6 Å². The van der Waals surface area contributed by atoms with E-state index in [9.17, 15) is 4.79 Å². The molecular weight excluding hydrogens is 256 g/mol. The van der Waals surface area contributed by atoms with Crippen LogP contribution in [-0.4, -0.2) is 31.3 Å². The summed E-state index contributed by atoms with van der Waals surface area (Å²) >= 11 is 0. The lowest BCUT2D eigenvalue weighted by Gasteiger charge is -2.24. The van der Waals surface area contributed by atoms with E-state index in [0.29, 0.717) is 31.2 Å². The Morgan fingerprint density at radius 1 is 1.35 bits per heavy atom. The first-order valence-electron chi connectivity index (χ1n) is 6.82. The maximum absolute atomic E-state index is 11.7. The fourth-order valence-electron chi connectivity index (χ4n) is 1.71. The number of benzene rings is 1. The van der Waals surface area contributed by atoms with Crippen LogP contribution in [0.5, 0.6) is 5.75 Å². The molecule has 0 unspecified atom stereocenters. The zero-order chi connectivity index (χ0) is 15.0. The van der Waals surface area contributed by atoms with Gasteiger partial charge in [0.1, 0.15) is 5.75 Å². The number of hydrogen-bond donors (Lipinski definition) is 2. The maximum atomic E-state index is 11.7. The Bertz CT molecular complexity index is 433.